The third-order valence-electron chi connectivity index (χ3n) is 5.34. The number of para-hydroxylation sites is 1. The van der Waals surface area contributed by atoms with E-state index >= 15 is 0 Å². The van der Waals surface area contributed by atoms with E-state index < -0.39 is 0 Å². The monoisotopic (exact) mass is 305 g/mol. The largest absolute Gasteiger partial charge is 0.493 e. The van der Waals surface area contributed by atoms with Crippen LogP contribution in [0, 0.1) is 5.92 Å². The minimum Gasteiger partial charge on any atom is -0.493 e. The van der Waals surface area contributed by atoms with Gasteiger partial charge in [-0.05, 0) is 37.0 Å². The fraction of sp³-hybridized carbons (Fsp3) is 0.647. The third kappa shape index (κ3) is 2.47. The van der Waals surface area contributed by atoms with Crippen LogP contribution in [0.2, 0.25) is 0 Å². The summed E-state index contributed by atoms with van der Waals surface area (Å²) in [5.74, 6) is 4.30. The molecule has 21 heavy (non-hydrogen) atoms. The van der Waals surface area contributed by atoms with Crippen LogP contribution in [0.5, 0.6) is 5.75 Å². The van der Waals surface area contributed by atoms with E-state index in [1.807, 2.05) is 17.8 Å². The van der Waals surface area contributed by atoms with Crippen LogP contribution in [0.3, 0.4) is 0 Å². The SMILES string of the molecule is NC(C1CCOC2(CCSC2)C1)C1COc2ccccc21. The van der Waals surface area contributed by atoms with Crippen molar-refractivity contribution in [3.8, 4) is 5.75 Å². The van der Waals surface area contributed by atoms with Crippen molar-refractivity contribution in [2.45, 2.75) is 36.8 Å². The van der Waals surface area contributed by atoms with Gasteiger partial charge < -0.3 is 15.2 Å². The average Bonchev–Trinajstić information content (AvgIpc) is 3.14. The molecule has 4 unspecified atom stereocenters. The highest BCUT2D eigenvalue weighted by Gasteiger charge is 2.44. The summed E-state index contributed by atoms with van der Waals surface area (Å²) in [6.45, 7) is 1.60. The molecule has 3 aliphatic rings. The fourth-order valence-corrected chi connectivity index (χ4v) is 5.47. The van der Waals surface area contributed by atoms with Crippen molar-refractivity contribution in [1.82, 2.24) is 0 Å². The zero-order chi connectivity index (χ0) is 14.3. The lowest BCUT2D eigenvalue weighted by atomic mass is 9.76. The predicted molar refractivity (Wildman–Crippen MR) is 86.0 cm³/mol. The first-order valence-electron chi connectivity index (χ1n) is 7.96. The summed E-state index contributed by atoms with van der Waals surface area (Å²) < 4.78 is 12.0. The number of thioether (sulfide) groups is 1. The molecule has 4 heteroatoms. The standard InChI is InChI=1S/C17H23NO2S/c18-16(14-10-19-15-4-2-1-3-13(14)15)12-5-7-20-17(9-12)6-8-21-11-17/h1-4,12,14,16H,5-11,18H2. The van der Waals surface area contributed by atoms with E-state index in [1.54, 1.807) is 0 Å². The summed E-state index contributed by atoms with van der Waals surface area (Å²) in [5, 5.41) is 0. The second-order valence-corrected chi connectivity index (χ2v) is 7.72. The number of hydrogen-bond donors (Lipinski definition) is 1. The van der Waals surface area contributed by atoms with E-state index in [0.717, 1.165) is 37.6 Å². The van der Waals surface area contributed by atoms with Crippen LogP contribution in [0.15, 0.2) is 24.3 Å². The molecule has 3 aliphatic heterocycles. The third-order valence-corrected chi connectivity index (χ3v) is 6.57. The van der Waals surface area contributed by atoms with Gasteiger partial charge in [-0.3, -0.25) is 0 Å². The minimum atomic E-state index is 0.115. The second-order valence-electron chi connectivity index (χ2n) is 6.62. The smallest absolute Gasteiger partial charge is 0.122 e. The van der Waals surface area contributed by atoms with Crippen molar-refractivity contribution in [3.05, 3.63) is 29.8 Å². The van der Waals surface area contributed by atoms with Gasteiger partial charge in [-0.15, -0.1) is 0 Å². The van der Waals surface area contributed by atoms with Gasteiger partial charge in [-0.1, -0.05) is 18.2 Å². The zero-order valence-electron chi connectivity index (χ0n) is 12.3. The predicted octanol–water partition coefficient (Wildman–Crippen LogP) is 2.79. The lowest BCUT2D eigenvalue weighted by Crippen LogP contribution is -2.47. The molecule has 114 valence electrons. The second kappa shape index (κ2) is 5.49. The van der Waals surface area contributed by atoms with Crippen LogP contribution in [0.25, 0.3) is 0 Å². The van der Waals surface area contributed by atoms with Gasteiger partial charge in [0.2, 0.25) is 0 Å². The maximum absolute atomic E-state index is 6.68. The first-order chi connectivity index (χ1) is 10.3. The van der Waals surface area contributed by atoms with E-state index in [0.29, 0.717) is 11.8 Å². The molecule has 0 bridgehead atoms. The molecule has 2 N–H and O–H groups in total. The molecular weight excluding hydrogens is 282 g/mol. The molecule has 2 saturated heterocycles. The number of rotatable bonds is 2. The molecule has 4 rings (SSSR count). The lowest BCUT2D eigenvalue weighted by molar-refractivity contribution is -0.0845. The molecule has 1 aromatic rings. The zero-order valence-corrected chi connectivity index (χ0v) is 13.1. The molecule has 0 amide bonds. The van der Waals surface area contributed by atoms with Crippen molar-refractivity contribution in [1.29, 1.82) is 0 Å². The van der Waals surface area contributed by atoms with Gasteiger partial charge in [0.05, 0.1) is 12.2 Å². The quantitative estimate of drug-likeness (QED) is 0.912. The Morgan fingerprint density at radius 2 is 2.24 bits per heavy atom. The highest BCUT2D eigenvalue weighted by molar-refractivity contribution is 7.99. The molecular formula is C17H23NO2S. The molecule has 2 fully saturated rings. The van der Waals surface area contributed by atoms with Gasteiger partial charge in [-0.2, -0.15) is 11.8 Å². The summed E-state index contributed by atoms with van der Waals surface area (Å²) in [6.07, 6.45) is 3.41. The van der Waals surface area contributed by atoms with Gasteiger partial charge in [-0.25, -0.2) is 0 Å². The van der Waals surface area contributed by atoms with Crippen LogP contribution in [0.4, 0.5) is 0 Å². The normalized spacial score (nSPS) is 36.4. The maximum atomic E-state index is 6.68. The van der Waals surface area contributed by atoms with E-state index in [2.05, 4.69) is 18.2 Å². The number of ether oxygens (including phenoxy) is 2. The van der Waals surface area contributed by atoms with Gasteiger partial charge in [0.1, 0.15) is 5.75 Å². The average molecular weight is 305 g/mol. The molecule has 0 aliphatic carbocycles. The molecule has 0 saturated carbocycles. The number of hydrogen-bond acceptors (Lipinski definition) is 4. The Labute approximate surface area is 130 Å². The first-order valence-corrected chi connectivity index (χ1v) is 9.12. The molecule has 1 spiro atoms. The Bertz CT molecular complexity index is 515. The van der Waals surface area contributed by atoms with Crippen molar-refractivity contribution in [2.75, 3.05) is 24.7 Å². The molecule has 3 nitrogen and oxygen atoms in total. The molecule has 0 aromatic heterocycles. The Hall–Kier alpha value is -0.710. The van der Waals surface area contributed by atoms with Crippen molar-refractivity contribution >= 4 is 11.8 Å². The fourth-order valence-electron chi connectivity index (χ4n) is 4.09. The van der Waals surface area contributed by atoms with Crippen LogP contribution in [-0.2, 0) is 4.74 Å². The number of fused-ring (bicyclic) bond motifs is 1. The highest BCUT2D eigenvalue weighted by atomic mass is 32.2. The highest BCUT2D eigenvalue weighted by Crippen LogP contribution is 2.44. The van der Waals surface area contributed by atoms with Crippen molar-refractivity contribution in [2.24, 2.45) is 11.7 Å². The molecule has 4 atom stereocenters. The van der Waals surface area contributed by atoms with Crippen LogP contribution >= 0.6 is 11.8 Å². The van der Waals surface area contributed by atoms with E-state index in [1.165, 1.54) is 17.7 Å². The first kappa shape index (κ1) is 13.9. The summed E-state index contributed by atoms with van der Waals surface area (Å²) in [7, 11) is 0. The Kier molecular flexibility index (Phi) is 3.64. The summed E-state index contributed by atoms with van der Waals surface area (Å²) in [6, 6.07) is 8.53. The van der Waals surface area contributed by atoms with Gasteiger partial charge in [0.15, 0.2) is 0 Å². The topological polar surface area (TPSA) is 44.5 Å². The Balaban J connectivity index is 1.51. The van der Waals surface area contributed by atoms with Crippen LogP contribution in [-0.4, -0.2) is 36.4 Å². The van der Waals surface area contributed by atoms with E-state index in [4.69, 9.17) is 15.2 Å². The summed E-state index contributed by atoms with van der Waals surface area (Å²) >= 11 is 2.02. The number of nitrogens with two attached hydrogens (primary N) is 1. The van der Waals surface area contributed by atoms with Crippen molar-refractivity contribution < 1.29 is 9.47 Å². The lowest BCUT2D eigenvalue weighted by Gasteiger charge is -2.41. The maximum Gasteiger partial charge on any atom is 0.122 e. The molecule has 1 aromatic carbocycles. The van der Waals surface area contributed by atoms with Crippen molar-refractivity contribution in [3.63, 3.8) is 0 Å². The molecule has 0 radical (unpaired) electrons. The van der Waals surface area contributed by atoms with Gasteiger partial charge in [0.25, 0.3) is 0 Å². The summed E-state index contributed by atoms with van der Waals surface area (Å²) in [5.41, 5.74) is 8.09. The van der Waals surface area contributed by atoms with Crippen LogP contribution < -0.4 is 10.5 Å². The number of benzene rings is 1. The Morgan fingerprint density at radius 1 is 1.33 bits per heavy atom. The van der Waals surface area contributed by atoms with Gasteiger partial charge >= 0.3 is 0 Å². The van der Waals surface area contributed by atoms with Gasteiger partial charge in [0, 0.05) is 29.9 Å². The Morgan fingerprint density at radius 3 is 3.10 bits per heavy atom. The van der Waals surface area contributed by atoms with E-state index in [9.17, 15) is 0 Å². The minimum absolute atomic E-state index is 0.115. The van der Waals surface area contributed by atoms with E-state index in [-0.39, 0.29) is 11.6 Å². The summed E-state index contributed by atoms with van der Waals surface area (Å²) in [4.78, 5) is 0. The van der Waals surface area contributed by atoms with Crippen LogP contribution in [0.1, 0.15) is 30.7 Å². The molecule has 3 heterocycles.